The van der Waals surface area contributed by atoms with Crippen LogP contribution in [-0.4, -0.2) is 12.0 Å². The summed E-state index contributed by atoms with van der Waals surface area (Å²) in [5.41, 5.74) is 0.635. The lowest BCUT2D eigenvalue weighted by Gasteiger charge is -2.13. The Labute approximate surface area is 79.4 Å². The average Bonchev–Trinajstić information content (AvgIpc) is 2.02. The van der Waals surface area contributed by atoms with Crippen LogP contribution < -0.4 is 0 Å². The van der Waals surface area contributed by atoms with Crippen LogP contribution in [0.4, 0.5) is 12.9 Å². The highest BCUT2D eigenvalue weighted by molar-refractivity contribution is 6.57. The number of rotatable bonds is 3. The van der Waals surface area contributed by atoms with Crippen LogP contribution >= 0.6 is 0 Å². The number of aromatic nitrogens is 1. The fraction of sp³-hybridized carbons (Fsp3) is 0.250. The van der Waals surface area contributed by atoms with Gasteiger partial charge in [0.25, 0.3) is 0 Å². The average molecular weight is 199 g/mol. The first-order valence-electron chi connectivity index (χ1n) is 4.02. The number of nitrogens with zero attached hydrogens (tertiary/aromatic N) is 2. The maximum absolute atomic E-state index is 12.0. The van der Waals surface area contributed by atoms with Crippen molar-refractivity contribution in [3.63, 3.8) is 0 Å². The van der Waals surface area contributed by atoms with Crippen molar-refractivity contribution in [2.75, 3.05) is 0 Å². The normalized spacial score (nSPS) is 11.0. The van der Waals surface area contributed by atoms with Crippen LogP contribution in [-0.2, 0) is 12.7 Å². The Morgan fingerprint density at radius 3 is 2.50 bits per heavy atom. The first-order chi connectivity index (χ1) is 6.51. The zero-order chi connectivity index (χ0) is 10.6. The van der Waals surface area contributed by atoms with Gasteiger partial charge in [-0.05, 0) is 5.56 Å². The van der Waals surface area contributed by atoms with Crippen LogP contribution in [0.15, 0.2) is 18.5 Å². The summed E-state index contributed by atoms with van der Waals surface area (Å²) in [6.45, 7) is -4.83. The molecule has 2 nitrogen and oxygen atoms in total. The van der Waals surface area contributed by atoms with E-state index in [1.165, 1.54) is 18.5 Å². The van der Waals surface area contributed by atoms with Crippen molar-refractivity contribution in [1.82, 2.24) is 4.98 Å². The predicted molar refractivity (Wildman–Crippen MR) is 46.3 cm³/mol. The molecule has 0 saturated carbocycles. The molecule has 1 rings (SSSR count). The topological polar surface area (TPSA) is 36.7 Å². The summed E-state index contributed by atoms with van der Waals surface area (Å²) in [4.78, 5) is 3.65. The van der Waals surface area contributed by atoms with Crippen molar-refractivity contribution in [2.24, 2.45) is 0 Å². The Morgan fingerprint density at radius 2 is 1.93 bits per heavy atom. The maximum Gasteiger partial charge on any atom is 0.482 e. The quantitative estimate of drug-likeness (QED) is 0.698. The van der Waals surface area contributed by atoms with Crippen molar-refractivity contribution >= 4 is 6.98 Å². The van der Waals surface area contributed by atoms with Gasteiger partial charge in [0.1, 0.15) is 0 Å². The molecular formula is C8H7BF3N2-. The van der Waals surface area contributed by atoms with Crippen LogP contribution in [0.2, 0.25) is 0 Å². The monoisotopic (exact) mass is 199 g/mol. The highest BCUT2D eigenvalue weighted by Crippen LogP contribution is 2.16. The molecule has 0 aliphatic heterocycles. The standard InChI is InChI=1S/C8H7BF3N2/c10-9(11,12)4-8-3-7(1-2-13)5-14-6-8/h3,5-6H,1,4H2/q-1. The van der Waals surface area contributed by atoms with Gasteiger partial charge in [-0.25, -0.2) is 0 Å². The second-order valence-electron chi connectivity index (χ2n) is 2.95. The lowest BCUT2D eigenvalue weighted by molar-refractivity contribution is 0.468. The summed E-state index contributed by atoms with van der Waals surface area (Å²) in [5, 5.41) is 8.35. The van der Waals surface area contributed by atoms with E-state index in [-0.39, 0.29) is 12.0 Å². The predicted octanol–water partition coefficient (Wildman–Crippen LogP) is 2.08. The summed E-state index contributed by atoms with van der Waals surface area (Å²) in [6.07, 6.45) is 1.73. The molecule has 0 fully saturated rings. The van der Waals surface area contributed by atoms with E-state index < -0.39 is 13.3 Å². The van der Waals surface area contributed by atoms with Gasteiger partial charge in [0.15, 0.2) is 0 Å². The fourth-order valence-electron chi connectivity index (χ4n) is 1.11. The molecule has 1 heterocycles. The third kappa shape index (κ3) is 3.48. The van der Waals surface area contributed by atoms with E-state index in [0.29, 0.717) is 5.56 Å². The molecule has 74 valence electrons. The smallest absolute Gasteiger partial charge is 0.449 e. The zero-order valence-corrected chi connectivity index (χ0v) is 7.25. The van der Waals surface area contributed by atoms with Crippen LogP contribution in [0, 0.1) is 11.3 Å². The third-order valence-electron chi connectivity index (χ3n) is 1.60. The molecule has 14 heavy (non-hydrogen) atoms. The van der Waals surface area contributed by atoms with E-state index in [4.69, 9.17) is 5.26 Å². The first-order valence-corrected chi connectivity index (χ1v) is 4.02. The van der Waals surface area contributed by atoms with Crippen LogP contribution in [0.1, 0.15) is 11.1 Å². The van der Waals surface area contributed by atoms with E-state index in [1.807, 2.05) is 6.07 Å². The van der Waals surface area contributed by atoms with Crippen molar-refractivity contribution in [3.8, 4) is 6.07 Å². The van der Waals surface area contributed by atoms with Gasteiger partial charge in [0.2, 0.25) is 0 Å². The van der Waals surface area contributed by atoms with Gasteiger partial charge in [0, 0.05) is 12.4 Å². The van der Waals surface area contributed by atoms with E-state index in [2.05, 4.69) is 4.98 Å². The van der Waals surface area contributed by atoms with Crippen LogP contribution in [0.5, 0.6) is 0 Å². The van der Waals surface area contributed by atoms with Gasteiger partial charge in [-0.15, -0.1) is 0 Å². The molecule has 0 aromatic carbocycles. The van der Waals surface area contributed by atoms with Gasteiger partial charge in [-0.2, -0.15) is 5.26 Å². The molecule has 0 unspecified atom stereocenters. The summed E-state index contributed by atoms with van der Waals surface area (Å²) in [6, 6.07) is 3.22. The van der Waals surface area contributed by atoms with Crippen molar-refractivity contribution in [2.45, 2.75) is 12.7 Å². The van der Waals surface area contributed by atoms with Crippen molar-refractivity contribution in [1.29, 1.82) is 5.26 Å². The molecule has 0 radical (unpaired) electrons. The Morgan fingerprint density at radius 1 is 1.29 bits per heavy atom. The molecule has 0 aliphatic carbocycles. The fourth-order valence-corrected chi connectivity index (χ4v) is 1.11. The lowest BCUT2D eigenvalue weighted by atomic mass is 9.82. The molecule has 0 saturated heterocycles. The lowest BCUT2D eigenvalue weighted by Crippen LogP contribution is -2.19. The minimum absolute atomic E-state index is 0.0890. The molecule has 0 amide bonds. The summed E-state index contributed by atoms with van der Waals surface area (Å²) in [5.74, 6) is 0. The van der Waals surface area contributed by atoms with Gasteiger partial charge >= 0.3 is 6.98 Å². The minimum Gasteiger partial charge on any atom is -0.449 e. The summed E-state index contributed by atoms with van der Waals surface area (Å²) >= 11 is 0. The van der Waals surface area contributed by atoms with E-state index in [9.17, 15) is 12.9 Å². The molecule has 0 spiro atoms. The molecule has 0 N–H and O–H groups in total. The summed E-state index contributed by atoms with van der Waals surface area (Å²) < 4.78 is 36.1. The largest absolute Gasteiger partial charge is 0.482 e. The highest BCUT2D eigenvalue weighted by Gasteiger charge is 2.23. The molecule has 1 aromatic rings. The minimum atomic E-state index is -4.83. The molecule has 6 heteroatoms. The molecule has 1 aromatic heterocycles. The molecule has 0 atom stereocenters. The van der Waals surface area contributed by atoms with Gasteiger partial charge in [0.05, 0.1) is 12.5 Å². The molecule has 0 bridgehead atoms. The van der Waals surface area contributed by atoms with Gasteiger partial charge in [-0.3, -0.25) is 4.98 Å². The van der Waals surface area contributed by atoms with Crippen LogP contribution in [0.25, 0.3) is 0 Å². The van der Waals surface area contributed by atoms with Crippen molar-refractivity contribution < 1.29 is 12.9 Å². The Balaban J connectivity index is 2.79. The number of hydrogen-bond acceptors (Lipinski definition) is 2. The van der Waals surface area contributed by atoms with Crippen molar-refractivity contribution in [3.05, 3.63) is 29.6 Å². The SMILES string of the molecule is N#CCc1cncc(C[B-](F)(F)F)c1. The Hall–Kier alpha value is -1.51. The highest BCUT2D eigenvalue weighted by atomic mass is 19.4. The summed E-state index contributed by atoms with van der Waals surface area (Å²) in [7, 11) is 0. The second-order valence-corrected chi connectivity index (χ2v) is 2.95. The first kappa shape index (κ1) is 10.6. The van der Waals surface area contributed by atoms with E-state index >= 15 is 0 Å². The van der Waals surface area contributed by atoms with E-state index in [0.717, 1.165) is 0 Å². The number of nitriles is 1. The number of pyridine rings is 1. The van der Waals surface area contributed by atoms with Gasteiger partial charge in [-0.1, -0.05) is 17.9 Å². The maximum atomic E-state index is 12.0. The molecular weight excluding hydrogens is 192 g/mol. The number of halogens is 3. The van der Waals surface area contributed by atoms with Crippen LogP contribution in [0.3, 0.4) is 0 Å². The Bertz CT molecular complexity index is 356. The number of hydrogen-bond donors (Lipinski definition) is 0. The van der Waals surface area contributed by atoms with Gasteiger partial charge < -0.3 is 12.9 Å². The molecule has 0 aliphatic rings. The third-order valence-corrected chi connectivity index (χ3v) is 1.60. The van der Waals surface area contributed by atoms with E-state index in [1.54, 1.807) is 0 Å². The second kappa shape index (κ2) is 4.14. The Kier molecular flexibility index (Phi) is 3.12. The zero-order valence-electron chi connectivity index (χ0n) is 7.25.